The summed E-state index contributed by atoms with van der Waals surface area (Å²) in [5.41, 5.74) is 3.02. The Bertz CT molecular complexity index is 929. The summed E-state index contributed by atoms with van der Waals surface area (Å²) in [5.74, 6) is 0.812. The van der Waals surface area contributed by atoms with E-state index in [2.05, 4.69) is 27.5 Å². The molecule has 0 saturated carbocycles. The minimum Gasteiger partial charge on any atom is -0.383 e. The Balaban J connectivity index is 1.91. The molecule has 0 saturated heterocycles. The molecule has 0 radical (unpaired) electrons. The minimum absolute atomic E-state index is 0.268. The molecule has 144 valence electrons. The van der Waals surface area contributed by atoms with E-state index in [9.17, 15) is 4.79 Å². The van der Waals surface area contributed by atoms with Gasteiger partial charge in [-0.1, -0.05) is 55.5 Å². The number of methoxy groups -OCH3 is 1. The van der Waals surface area contributed by atoms with E-state index in [0.29, 0.717) is 30.5 Å². The quantitative estimate of drug-likeness (QED) is 0.581. The Morgan fingerprint density at radius 1 is 1.04 bits per heavy atom. The van der Waals surface area contributed by atoms with Crippen LogP contribution in [0.25, 0.3) is 11.4 Å². The van der Waals surface area contributed by atoms with Gasteiger partial charge in [0.15, 0.2) is 5.82 Å². The Labute approximate surface area is 165 Å². The number of nitrogens with one attached hydrogen (secondary N) is 2. The number of ether oxygens (including phenoxy) is 1. The zero-order chi connectivity index (χ0) is 19.8. The fourth-order valence-electron chi connectivity index (χ4n) is 2.79. The molecule has 0 fully saturated rings. The van der Waals surface area contributed by atoms with Crippen LogP contribution in [0.1, 0.15) is 23.0 Å². The van der Waals surface area contributed by atoms with Crippen molar-refractivity contribution < 1.29 is 9.53 Å². The predicted octanol–water partition coefficient (Wildman–Crippen LogP) is 4.02. The van der Waals surface area contributed by atoms with E-state index in [0.717, 1.165) is 23.2 Å². The second-order valence-corrected chi connectivity index (χ2v) is 6.21. The van der Waals surface area contributed by atoms with Gasteiger partial charge in [-0.25, -0.2) is 9.97 Å². The lowest BCUT2D eigenvalue weighted by Gasteiger charge is -2.12. The molecule has 0 spiro atoms. The van der Waals surface area contributed by atoms with Gasteiger partial charge < -0.3 is 15.4 Å². The first-order chi connectivity index (χ1) is 13.7. The van der Waals surface area contributed by atoms with Crippen LogP contribution in [0.5, 0.6) is 0 Å². The number of rotatable bonds is 8. The molecule has 1 amide bonds. The number of carbonyl (C=O) groups excluding carboxylic acids is 1. The van der Waals surface area contributed by atoms with E-state index in [1.54, 1.807) is 13.2 Å². The molecular formula is C22H24N4O2. The highest BCUT2D eigenvalue weighted by Gasteiger charge is 2.14. The van der Waals surface area contributed by atoms with Crippen LogP contribution in [-0.2, 0) is 11.2 Å². The molecule has 6 heteroatoms. The molecule has 0 aliphatic heterocycles. The number of anilines is 2. The molecule has 0 aliphatic carbocycles. The van der Waals surface area contributed by atoms with Gasteiger partial charge in [-0.2, -0.15) is 0 Å². The van der Waals surface area contributed by atoms with E-state index < -0.39 is 0 Å². The van der Waals surface area contributed by atoms with E-state index in [1.165, 1.54) is 0 Å². The molecule has 3 aromatic rings. The number of aromatic nitrogens is 2. The zero-order valence-corrected chi connectivity index (χ0v) is 16.1. The van der Waals surface area contributed by atoms with Gasteiger partial charge in [0.1, 0.15) is 11.5 Å². The summed E-state index contributed by atoms with van der Waals surface area (Å²) < 4.78 is 5.08. The van der Waals surface area contributed by atoms with Gasteiger partial charge in [0.25, 0.3) is 5.91 Å². The monoisotopic (exact) mass is 376 g/mol. The Kier molecular flexibility index (Phi) is 6.70. The van der Waals surface area contributed by atoms with Crippen molar-refractivity contribution >= 4 is 17.4 Å². The van der Waals surface area contributed by atoms with Crippen LogP contribution in [0, 0.1) is 0 Å². The van der Waals surface area contributed by atoms with Gasteiger partial charge >= 0.3 is 0 Å². The summed E-state index contributed by atoms with van der Waals surface area (Å²) in [6, 6.07) is 19.0. The van der Waals surface area contributed by atoms with Gasteiger partial charge in [0.05, 0.1) is 6.61 Å². The maximum atomic E-state index is 12.9. The molecule has 2 aromatic carbocycles. The molecular weight excluding hydrogens is 352 g/mol. The average Bonchev–Trinajstić information content (AvgIpc) is 2.74. The van der Waals surface area contributed by atoms with Crippen molar-refractivity contribution in [2.24, 2.45) is 0 Å². The standard InChI is InChI=1S/C22H24N4O2/c1-3-16-9-7-8-12-18(16)25-22(27)19-15-20(23-13-14-28-2)26-21(24-19)17-10-5-4-6-11-17/h4-12,15H,3,13-14H2,1-2H3,(H,25,27)(H,23,24,26). The fraction of sp³-hybridized carbons (Fsp3) is 0.227. The molecule has 6 nitrogen and oxygen atoms in total. The number of amides is 1. The molecule has 3 rings (SSSR count). The third kappa shape index (κ3) is 4.92. The van der Waals surface area contributed by atoms with Crippen molar-refractivity contribution in [2.45, 2.75) is 13.3 Å². The van der Waals surface area contributed by atoms with E-state index in [4.69, 9.17) is 4.74 Å². The molecule has 1 aromatic heterocycles. The number of benzene rings is 2. The molecule has 0 bridgehead atoms. The molecule has 2 N–H and O–H groups in total. The number of aryl methyl sites for hydroxylation is 1. The van der Waals surface area contributed by atoms with Crippen LogP contribution in [0.3, 0.4) is 0 Å². The molecule has 0 unspecified atom stereocenters. The first-order valence-corrected chi connectivity index (χ1v) is 9.28. The summed E-state index contributed by atoms with van der Waals surface area (Å²) in [6.07, 6.45) is 0.833. The summed E-state index contributed by atoms with van der Waals surface area (Å²) in [7, 11) is 1.64. The van der Waals surface area contributed by atoms with Gasteiger partial charge in [-0.3, -0.25) is 4.79 Å². The second-order valence-electron chi connectivity index (χ2n) is 6.21. The van der Waals surface area contributed by atoms with Gasteiger partial charge in [0, 0.05) is 31.0 Å². The van der Waals surface area contributed by atoms with Crippen molar-refractivity contribution in [1.29, 1.82) is 0 Å². The third-order valence-electron chi connectivity index (χ3n) is 4.25. The lowest BCUT2D eigenvalue weighted by molar-refractivity contribution is 0.102. The first kappa shape index (κ1) is 19.5. The van der Waals surface area contributed by atoms with E-state index in [-0.39, 0.29) is 5.91 Å². The number of para-hydroxylation sites is 1. The van der Waals surface area contributed by atoms with Crippen molar-refractivity contribution in [1.82, 2.24) is 9.97 Å². The topological polar surface area (TPSA) is 76.1 Å². The first-order valence-electron chi connectivity index (χ1n) is 9.28. The van der Waals surface area contributed by atoms with Crippen molar-refractivity contribution in [3.8, 4) is 11.4 Å². The second kappa shape index (κ2) is 9.62. The van der Waals surface area contributed by atoms with Gasteiger partial charge in [-0.15, -0.1) is 0 Å². The zero-order valence-electron chi connectivity index (χ0n) is 16.1. The highest BCUT2D eigenvalue weighted by Crippen LogP contribution is 2.20. The van der Waals surface area contributed by atoms with Gasteiger partial charge in [-0.05, 0) is 18.1 Å². The smallest absolute Gasteiger partial charge is 0.274 e. The highest BCUT2D eigenvalue weighted by atomic mass is 16.5. The van der Waals surface area contributed by atoms with Gasteiger partial charge in [0.2, 0.25) is 0 Å². The number of carbonyl (C=O) groups is 1. The lowest BCUT2D eigenvalue weighted by Crippen LogP contribution is -2.17. The van der Waals surface area contributed by atoms with E-state index >= 15 is 0 Å². The summed E-state index contributed by atoms with van der Waals surface area (Å²) in [6.45, 7) is 3.18. The summed E-state index contributed by atoms with van der Waals surface area (Å²) in [5, 5.41) is 6.15. The van der Waals surface area contributed by atoms with Crippen molar-refractivity contribution in [3.63, 3.8) is 0 Å². The third-order valence-corrected chi connectivity index (χ3v) is 4.25. The predicted molar refractivity (Wildman–Crippen MR) is 112 cm³/mol. The number of hydrogen-bond acceptors (Lipinski definition) is 5. The molecule has 0 atom stereocenters. The van der Waals surface area contributed by atoms with Crippen LogP contribution in [0.4, 0.5) is 11.5 Å². The molecule has 28 heavy (non-hydrogen) atoms. The Morgan fingerprint density at radius 3 is 2.54 bits per heavy atom. The molecule has 1 heterocycles. The largest absolute Gasteiger partial charge is 0.383 e. The number of hydrogen-bond donors (Lipinski definition) is 2. The van der Waals surface area contributed by atoms with Crippen LogP contribution in [0.2, 0.25) is 0 Å². The lowest BCUT2D eigenvalue weighted by atomic mass is 10.1. The maximum Gasteiger partial charge on any atom is 0.274 e. The maximum absolute atomic E-state index is 12.9. The minimum atomic E-state index is -0.268. The Hall–Kier alpha value is -3.25. The summed E-state index contributed by atoms with van der Waals surface area (Å²) in [4.78, 5) is 21.9. The highest BCUT2D eigenvalue weighted by molar-refractivity contribution is 6.04. The molecule has 0 aliphatic rings. The number of nitrogens with zero attached hydrogens (tertiary/aromatic N) is 2. The van der Waals surface area contributed by atoms with Crippen LogP contribution < -0.4 is 10.6 Å². The van der Waals surface area contributed by atoms with Crippen molar-refractivity contribution in [2.75, 3.05) is 30.9 Å². The SMILES string of the molecule is CCc1ccccc1NC(=O)c1cc(NCCOC)nc(-c2ccccc2)n1. The average molecular weight is 376 g/mol. The normalized spacial score (nSPS) is 10.5. The Morgan fingerprint density at radius 2 is 1.79 bits per heavy atom. The summed E-state index contributed by atoms with van der Waals surface area (Å²) >= 11 is 0. The van der Waals surface area contributed by atoms with Crippen molar-refractivity contribution in [3.05, 3.63) is 71.9 Å². The van der Waals surface area contributed by atoms with Crippen LogP contribution in [0.15, 0.2) is 60.7 Å². The van der Waals surface area contributed by atoms with E-state index in [1.807, 2.05) is 54.6 Å². The van der Waals surface area contributed by atoms with Crippen LogP contribution >= 0.6 is 0 Å². The fourth-order valence-corrected chi connectivity index (χ4v) is 2.79. The van der Waals surface area contributed by atoms with Crippen LogP contribution in [-0.4, -0.2) is 36.1 Å².